The highest BCUT2D eigenvalue weighted by Crippen LogP contribution is 2.30. The van der Waals surface area contributed by atoms with Gasteiger partial charge in [-0.1, -0.05) is 0 Å². The highest BCUT2D eigenvalue weighted by molar-refractivity contribution is 7.89. The fraction of sp³-hybridized carbons (Fsp3) is 0.238. The van der Waals surface area contributed by atoms with Crippen molar-refractivity contribution in [3.8, 4) is 17.5 Å². The number of sulfonamides is 1. The number of rotatable bonds is 3. The molecule has 3 heterocycles. The number of hydrogen-bond acceptors (Lipinski definition) is 5. The molecule has 8 nitrogen and oxygen atoms in total. The van der Waals surface area contributed by atoms with E-state index in [1.165, 1.54) is 0 Å². The smallest absolute Gasteiger partial charge is 0.243 e. The molecule has 5 rings (SSSR count). The third-order valence-corrected chi connectivity index (χ3v) is 7.53. The second-order valence-electron chi connectivity index (χ2n) is 7.58. The summed E-state index contributed by atoms with van der Waals surface area (Å²) in [5.74, 6) is 0. The van der Waals surface area contributed by atoms with Crippen molar-refractivity contribution in [2.24, 2.45) is 0 Å². The van der Waals surface area contributed by atoms with Crippen LogP contribution in [-0.4, -0.2) is 66.0 Å². The molecule has 0 aliphatic carbocycles. The standard InChI is InChI=1S/C21H20N6O2S/c1-26-6-8-27(9-7-26)30(28,29)16-3-5-18-15(11-16)12-20(23-18)21-17-4-2-14(13-22)10-19(17)24-25-21/h2-5,10-12,23H,6-9H2,1H3,(H,24,25). The number of fused-ring (bicyclic) bond motifs is 2. The second kappa shape index (κ2) is 6.95. The summed E-state index contributed by atoms with van der Waals surface area (Å²) in [6.07, 6.45) is 0. The van der Waals surface area contributed by atoms with Crippen molar-refractivity contribution in [1.82, 2.24) is 24.4 Å². The van der Waals surface area contributed by atoms with Crippen LogP contribution in [0.1, 0.15) is 5.56 Å². The maximum Gasteiger partial charge on any atom is 0.243 e. The molecular formula is C21H20N6O2S. The molecule has 0 radical (unpaired) electrons. The zero-order valence-electron chi connectivity index (χ0n) is 16.4. The summed E-state index contributed by atoms with van der Waals surface area (Å²) >= 11 is 0. The van der Waals surface area contributed by atoms with Gasteiger partial charge in [-0.3, -0.25) is 5.10 Å². The summed E-state index contributed by atoms with van der Waals surface area (Å²) < 4.78 is 27.7. The predicted octanol–water partition coefficient (Wildman–Crippen LogP) is 2.52. The molecule has 1 saturated heterocycles. The number of aromatic nitrogens is 3. The SMILES string of the molecule is CN1CCN(S(=O)(=O)c2ccc3[nH]c(-c4n[nH]c5cc(C#N)ccc45)cc3c2)CC1. The fourth-order valence-electron chi connectivity index (χ4n) is 3.87. The lowest BCUT2D eigenvalue weighted by Gasteiger charge is -2.31. The third-order valence-electron chi connectivity index (χ3n) is 5.64. The lowest BCUT2D eigenvalue weighted by atomic mass is 10.1. The molecule has 0 atom stereocenters. The summed E-state index contributed by atoms with van der Waals surface area (Å²) in [6, 6.07) is 14.6. The van der Waals surface area contributed by atoms with Gasteiger partial charge in [0.25, 0.3) is 0 Å². The molecule has 0 bridgehead atoms. The second-order valence-corrected chi connectivity index (χ2v) is 9.52. The van der Waals surface area contributed by atoms with Crippen LogP contribution in [-0.2, 0) is 10.0 Å². The quantitative estimate of drug-likeness (QED) is 0.529. The minimum Gasteiger partial charge on any atom is -0.353 e. The summed E-state index contributed by atoms with van der Waals surface area (Å²) in [7, 11) is -1.53. The van der Waals surface area contributed by atoms with Crippen LogP contribution < -0.4 is 0 Å². The molecule has 0 amide bonds. The van der Waals surface area contributed by atoms with E-state index in [-0.39, 0.29) is 0 Å². The van der Waals surface area contributed by atoms with Gasteiger partial charge in [-0.25, -0.2) is 8.42 Å². The summed E-state index contributed by atoms with van der Waals surface area (Å²) in [5, 5.41) is 18.1. The Morgan fingerprint density at radius 3 is 2.60 bits per heavy atom. The van der Waals surface area contributed by atoms with Gasteiger partial charge < -0.3 is 9.88 Å². The van der Waals surface area contributed by atoms with E-state index >= 15 is 0 Å². The Labute approximate surface area is 173 Å². The fourth-order valence-corrected chi connectivity index (χ4v) is 5.33. The maximum absolute atomic E-state index is 13.1. The number of benzene rings is 2. The third kappa shape index (κ3) is 3.06. The van der Waals surface area contributed by atoms with Gasteiger partial charge in [0.05, 0.1) is 27.7 Å². The van der Waals surface area contributed by atoms with Gasteiger partial charge in [0.15, 0.2) is 0 Å². The zero-order chi connectivity index (χ0) is 20.9. The Morgan fingerprint density at radius 2 is 1.83 bits per heavy atom. The van der Waals surface area contributed by atoms with Crippen molar-refractivity contribution in [2.45, 2.75) is 4.90 Å². The zero-order valence-corrected chi connectivity index (χ0v) is 17.2. The van der Waals surface area contributed by atoms with Crippen molar-refractivity contribution in [1.29, 1.82) is 5.26 Å². The minimum absolute atomic E-state index is 0.302. The van der Waals surface area contributed by atoms with Crippen LogP contribution in [0.3, 0.4) is 0 Å². The number of nitrogens with one attached hydrogen (secondary N) is 2. The first-order valence-corrected chi connectivity index (χ1v) is 11.1. The molecule has 1 aliphatic heterocycles. The highest BCUT2D eigenvalue weighted by atomic mass is 32.2. The van der Waals surface area contributed by atoms with Gasteiger partial charge >= 0.3 is 0 Å². The van der Waals surface area contributed by atoms with Crippen molar-refractivity contribution in [2.75, 3.05) is 33.2 Å². The van der Waals surface area contributed by atoms with E-state index in [0.29, 0.717) is 23.5 Å². The molecule has 2 aromatic heterocycles. The summed E-state index contributed by atoms with van der Waals surface area (Å²) in [6.45, 7) is 2.46. The number of nitrogens with zero attached hydrogens (tertiary/aromatic N) is 4. The Balaban J connectivity index is 1.53. The van der Waals surface area contributed by atoms with Crippen molar-refractivity contribution in [3.05, 3.63) is 48.0 Å². The van der Waals surface area contributed by atoms with E-state index in [4.69, 9.17) is 5.26 Å². The Hall–Kier alpha value is -3.19. The number of likely N-dealkylation sites (N-methyl/N-ethyl adjacent to an activating group) is 1. The Morgan fingerprint density at radius 1 is 1.03 bits per heavy atom. The summed E-state index contributed by atoms with van der Waals surface area (Å²) in [4.78, 5) is 5.75. The van der Waals surface area contributed by atoms with Crippen LogP contribution in [0, 0.1) is 11.3 Å². The van der Waals surface area contributed by atoms with E-state index in [2.05, 4.69) is 26.2 Å². The lowest BCUT2D eigenvalue weighted by Crippen LogP contribution is -2.46. The molecule has 0 spiro atoms. The van der Waals surface area contributed by atoms with Gasteiger partial charge in [-0.05, 0) is 49.5 Å². The molecule has 0 unspecified atom stereocenters. The monoisotopic (exact) mass is 420 g/mol. The van der Waals surface area contributed by atoms with Crippen LogP contribution in [0.15, 0.2) is 47.4 Å². The average Bonchev–Trinajstić information content (AvgIpc) is 3.36. The minimum atomic E-state index is -3.52. The van der Waals surface area contributed by atoms with Gasteiger partial charge in [0.2, 0.25) is 10.0 Å². The Kier molecular flexibility index (Phi) is 4.36. The molecule has 4 aromatic rings. The number of hydrogen-bond donors (Lipinski definition) is 2. The van der Waals surface area contributed by atoms with E-state index < -0.39 is 10.0 Å². The molecule has 2 N–H and O–H groups in total. The van der Waals surface area contributed by atoms with Gasteiger partial charge in [0, 0.05) is 42.5 Å². The largest absolute Gasteiger partial charge is 0.353 e. The maximum atomic E-state index is 13.1. The summed E-state index contributed by atoms with van der Waals surface area (Å²) in [5.41, 5.74) is 3.70. The van der Waals surface area contributed by atoms with Gasteiger partial charge in [-0.15, -0.1) is 0 Å². The first-order chi connectivity index (χ1) is 14.5. The van der Waals surface area contributed by atoms with Crippen molar-refractivity contribution in [3.63, 3.8) is 0 Å². The van der Waals surface area contributed by atoms with Crippen molar-refractivity contribution < 1.29 is 8.42 Å². The molecule has 30 heavy (non-hydrogen) atoms. The average molecular weight is 420 g/mol. The molecular weight excluding hydrogens is 400 g/mol. The first kappa shape index (κ1) is 18.8. The van der Waals surface area contributed by atoms with E-state index in [1.54, 1.807) is 34.6 Å². The van der Waals surface area contributed by atoms with E-state index in [1.807, 2.05) is 19.2 Å². The van der Waals surface area contributed by atoms with Crippen LogP contribution in [0.2, 0.25) is 0 Å². The van der Waals surface area contributed by atoms with E-state index in [9.17, 15) is 8.42 Å². The van der Waals surface area contributed by atoms with Gasteiger partial charge in [-0.2, -0.15) is 14.7 Å². The number of piperazine rings is 1. The van der Waals surface area contributed by atoms with Crippen LogP contribution in [0.5, 0.6) is 0 Å². The number of aromatic amines is 2. The molecule has 2 aromatic carbocycles. The van der Waals surface area contributed by atoms with Gasteiger partial charge in [0.1, 0.15) is 5.69 Å². The van der Waals surface area contributed by atoms with Crippen LogP contribution in [0.4, 0.5) is 0 Å². The molecule has 0 saturated carbocycles. The highest BCUT2D eigenvalue weighted by Gasteiger charge is 2.27. The van der Waals surface area contributed by atoms with Crippen LogP contribution >= 0.6 is 0 Å². The molecule has 1 fully saturated rings. The Bertz CT molecular complexity index is 1400. The molecule has 9 heteroatoms. The normalized spacial score (nSPS) is 16.3. The molecule has 152 valence electrons. The van der Waals surface area contributed by atoms with Crippen LogP contribution in [0.25, 0.3) is 33.2 Å². The van der Waals surface area contributed by atoms with E-state index in [0.717, 1.165) is 46.3 Å². The predicted molar refractivity (Wildman–Crippen MR) is 114 cm³/mol. The first-order valence-electron chi connectivity index (χ1n) is 9.66. The number of H-pyrrole nitrogens is 2. The number of nitriles is 1. The topological polar surface area (TPSA) is 109 Å². The molecule has 1 aliphatic rings. The lowest BCUT2D eigenvalue weighted by molar-refractivity contribution is 0.222. The van der Waals surface area contributed by atoms with Crippen molar-refractivity contribution >= 4 is 31.8 Å².